The zero-order chi connectivity index (χ0) is 16.2. The highest BCUT2D eigenvalue weighted by atomic mass is 35.6. The van der Waals surface area contributed by atoms with Gasteiger partial charge in [-0.15, -0.1) is 0 Å². The van der Waals surface area contributed by atoms with Crippen LogP contribution in [-0.2, 0) is 4.74 Å². The zero-order valence-electron chi connectivity index (χ0n) is 12.0. The molecule has 5 nitrogen and oxygen atoms in total. The molecule has 0 bridgehead atoms. The summed E-state index contributed by atoms with van der Waals surface area (Å²) in [6.45, 7) is 2.24. The Morgan fingerprint density at radius 3 is 2.36 bits per heavy atom. The molecule has 1 aromatic rings. The summed E-state index contributed by atoms with van der Waals surface area (Å²) in [5, 5.41) is 2.78. The van der Waals surface area contributed by atoms with Crippen LogP contribution in [0.3, 0.4) is 0 Å². The van der Waals surface area contributed by atoms with E-state index in [9.17, 15) is 4.79 Å². The van der Waals surface area contributed by atoms with E-state index < -0.39 is 9.96 Å². The summed E-state index contributed by atoms with van der Waals surface area (Å²) in [6.07, 6.45) is -0.726. The van der Waals surface area contributed by atoms with E-state index in [1.54, 1.807) is 31.4 Å². The highest BCUT2D eigenvalue weighted by Gasteiger charge is 2.39. The number of hydrogen-bond acceptors (Lipinski definition) is 4. The van der Waals surface area contributed by atoms with Crippen LogP contribution in [0.5, 0.6) is 5.75 Å². The van der Waals surface area contributed by atoms with Crippen molar-refractivity contribution in [1.29, 1.82) is 0 Å². The first-order valence-electron chi connectivity index (χ1n) is 6.75. The molecule has 22 heavy (non-hydrogen) atoms. The van der Waals surface area contributed by atoms with E-state index in [4.69, 9.17) is 44.3 Å². The maximum absolute atomic E-state index is 12.4. The Morgan fingerprint density at radius 2 is 1.86 bits per heavy atom. The molecule has 1 aliphatic heterocycles. The fraction of sp³-hybridized carbons (Fsp3) is 0.500. The van der Waals surface area contributed by atoms with Gasteiger partial charge in [-0.1, -0.05) is 34.8 Å². The lowest BCUT2D eigenvalue weighted by atomic mass is 10.2. The molecule has 1 heterocycles. The van der Waals surface area contributed by atoms with Crippen LogP contribution < -0.4 is 10.1 Å². The number of ether oxygens (including phenoxy) is 2. The number of alkyl halides is 3. The standard InChI is InChI=1S/C14H17Cl3N2O3/c1-21-11-4-2-10(3-5-11)12(20)18-13(14(15,16)17)19-6-8-22-9-7-19/h2-5,13H,6-9H2,1H3,(H,18,20). The topological polar surface area (TPSA) is 50.8 Å². The van der Waals surface area contributed by atoms with Gasteiger partial charge in [0.2, 0.25) is 3.79 Å². The number of hydrogen-bond donors (Lipinski definition) is 1. The third-order valence-corrected chi connectivity index (χ3v) is 3.96. The Bertz CT molecular complexity index is 499. The minimum absolute atomic E-state index is 0.314. The summed E-state index contributed by atoms with van der Waals surface area (Å²) in [7, 11) is 1.56. The van der Waals surface area contributed by atoms with Crippen molar-refractivity contribution in [2.75, 3.05) is 33.4 Å². The Morgan fingerprint density at radius 1 is 1.27 bits per heavy atom. The van der Waals surface area contributed by atoms with Crippen molar-refractivity contribution < 1.29 is 14.3 Å². The van der Waals surface area contributed by atoms with Crippen LogP contribution in [0.25, 0.3) is 0 Å². The van der Waals surface area contributed by atoms with Gasteiger partial charge < -0.3 is 14.8 Å². The number of nitrogens with one attached hydrogen (secondary N) is 1. The van der Waals surface area contributed by atoms with Gasteiger partial charge >= 0.3 is 0 Å². The fourth-order valence-electron chi connectivity index (χ4n) is 2.17. The first-order chi connectivity index (χ1) is 10.4. The van der Waals surface area contributed by atoms with E-state index >= 15 is 0 Å². The summed E-state index contributed by atoms with van der Waals surface area (Å²) < 4.78 is 8.70. The second kappa shape index (κ2) is 7.70. The molecule has 1 fully saturated rings. The van der Waals surface area contributed by atoms with Crippen molar-refractivity contribution in [3.63, 3.8) is 0 Å². The minimum Gasteiger partial charge on any atom is -0.497 e. The lowest BCUT2D eigenvalue weighted by molar-refractivity contribution is 0.00996. The van der Waals surface area contributed by atoms with Crippen molar-refractivity contribution in [1.82, 2.24) is 10.2 Å². The molecule has 0 radical (unpaired) electrons. The zero-order valence-corrected chi connectivity index (χ0v) is 14.3. The van der Waals surface area contributed by atoms with E-state index in [2.05, 4.69) is 5.32 Å². The largest absolute Gasteiger partial charge is 0.497 e. The molecular formula is C14H17Cl3N2O3. The molecule has 0 spiro atoms. The smallest absolute Gasteiger partial charge is 0.252 e. The number of carbonyl (C=O) groups is 1. The molecule has 0 saturated carbocycles. The number of benzene rings is 1. The molecule has 1 aromatic carbocycles. The Kier molecular flexibility index (Phi) is 6.17. The lowest BCUT2D eigenvalue weighted by Gasteiger charge is -2.38. The molecule has 1 unspecified atom stereocenters. The molecule has 1 N–H and O–H groups in total. The first-order valence-corrected chi connectivity index (χ1v) is 7.88. The van der Waals surface area contributed by atoms with Gasteiger partial charge in [-0.2, -0.15) is 0 Å². The molecule has 1 amide bonds. The Hall–Kier alpha value is -0.720. The monoisotopic (exact) mass is 366 g/mol. The molecule has 0 aliphatic carbocycles. The summed E-state index contributed by atoms with van der Waals surface area (Å²) in [5.74, 6) is 0.355. The van der Waals surface area contributed by atoms with Gasteiger partial charge in [0.25, 0.3) is 5.91 Å². The average molecular weight is 368 g/mol. The summed E-state index contributed by atoms with van der Waals surface area (Å²) in [5.41, 5.74) is 0.466. The van der Waals surface area contributed by atoms with E-state index in [1.165, 1.54) is 0 Å². The third kappa shape index (κ3) is 4.64. The molecule has 1 atom stereocenters. The minimum atomic E-state index is -1.64. The van der Waals surface area contributed by atoms with E-state index in [0.29, 0.717) is 37.6 Å². The number of nitrogens with zero attached hydrogens (tertiary/aromatic N) is 1. The Balaban J connectivity index is 2.09. The van der Waals surface area contributed by atoms with Gasteiger partial charge in [-0.25, -0.2) is 0 Å². The van der Waals surface area contributed by atoms with Crippen molar-refractivity contribution in [2.45, 2.75) is 9.96 Å². The van der Waals surface area contributed by atoms with Gasteiger partial charge in [0, 0.05) is 18.7 Å². The SMILES string of the molecule is COc1ccc(C(=O)NC(N2CCOCC2)C(Cl)(Cl)Cl)cc1. The van der Waals surface area contributed by atoms with Crippen LogP contribution in [0.2, 0.25) is 0 Å². The normalized spacial score (nSPS) is 17.8. The number of morpholine rings is 1. The van der Waals surface area contributed by atoms with E-state index in [-0.39, 0.29) is 5.91 Å². The molecule has 122 valence electrons. The number of carbonyl (C=O) groups excluding carboxylic acids is 1. The van der Waals surface area contributed by atoms with E-state index in [1.807, 2.05) is 4.90 Å². The predicted octanol–water partition coefficient (Wildman–Crippen LogP) is 2.45. The van der Waals surface area contributed by atoms with Crippen molar-refractivity contribution in [2.24, 2.45) is 0 Å². The molecule has 2 rings (SSSR count). The van der Waals surface area contributed by atoms with Gasteiger partial charge in [0.05, 0.1) is 20.3 Å². The van der Waals surface area contributed by atoms with Crippen LogP contribution in [0.15, 0.2) is 24.3 Å². The second-order valence-electron chi connectivity index (χ2n) is 4.79. The number of amides is 1. The predicted molar refractivity (Wildman–Crippen MR) is 86.9 cm³/mol. The maximum Gasteiger partial charge on any atom is 0.252 e. The third-order valence-electron chi connectivity index (χ3n) is 3.34. The fourth-order valence-corrected chi connectivity index (χ4v) is 2.74. The summed E-state index contributed by atoms with van der Waals surface area (Å²) in [4.78, 5) is 14.2. The summed E-state index contributed by atoms with van der Waals surface area (Å²) in [6, 6.07) is 6.72. The molecule has 1 saturated heterocycles. The van der Waals surface area contributed by atoms with Gasteiger partial charge in [-0.3, -0.25) is 9.69 Å². The van der Waals surface area contributed by atoms with E-state index in [0.717, 1.165) is 0 Å². The highest BCUT2D eigenvalue weighted by Crippen LogP contribution is 2.32. The van der Waals surface area contributed by atoms with Crippen molar-refractivity contribution in [3.05, 3.63) is 29.8 Å². The van der Waals surface area contributed by atoms with Crippen molar-refractivity contribution >= 4 is 40.7 Å². The lowest BCUT2D eigenvalue weighted by Crippen LogP contribution is -2.58. The number of halogens is 3. The molecule has 8 heteroatoms. The number of methoxy groups -OCH3 is 1. The Labute approximate surface area is 144 Å². The quantitative estimate of drug-likeness (QED) is 0.831. The van der Waals surface area contributed by atoms with Crippen LogP contribution in [0, 0.1) is 0 Å². The average Bonchev–Trinajstić information content (AvgIpc) is 2.52. The first kappa shape index (κ1) is 17.6. The van der Waals surface area contributed by atoms with Crippen molar-refractivity contribution in [3.8, 4) is 5.75 Å². The highest BCUT2D eigenvalue weighted by molar-refractivity contribution is 6.68. The maximum atomic E-state index is 12.4. The van der Waals surface area contributed by atoms with Crippen LogP contribution >= 0.6 is 34.8 Å². The second-order valence-corrected chi connectivity index (χ2v) is 7.16. The molecular weight excluding hydrogens is 351 g/mol. The van der Waals surface area contributed by atoms with Gasteiger partial charge in [0.15, 0.2) is 0 Å². The van der Waals surface area contributed by atoms with Crippen LogP contribution in [0.1, 0.15) is 10.4 Å². The summed E-state index contributed by atoms with van der Waals surface area (Å²) >= 11 is 18.1. The van der Waals surface area contributed by atoms with Gasteiger partial charge in [0.1, 0.15) is 11.9 Å². The van der Waals surface area contributed by atoms with Crippen LogP contribution in [0.4, 0.5) is 0 Å². The molecule has 0 aromatic heterocycles. The molecule has 1 aliphatic rings. The van der Waals surface area contributed by atoms with Crippen LogP contribution in [-0.4, -0.2) is 54.2 Å². The number of rotatable bonds is 4. The van der Waals surface area contributed by atoms with Gasteiger partial charge in [-0.05, 0) is 24.3 Å².